The molecule has 2 aromatic carbocycles. The Balaban J connectivity index is 1.23. The lowest BCUT2D eigenvalue weighted by Crippen LogP contribution is -2.29. The van der Waals surface area contributed by atoms with Crippen molar-refractivity contribution < 1.29 is 9.59 Å². The van der Waals surface area contributed by atoms with E-state index in [1.807, 2.05) is 54.6 Å². The lowest BCUT2D eigenvalue weighted by Gasteiger charge is -2.26. The van der Waals surface area contributed by atoms with Crippen molar-refractivity contribution >= 4 is 23.2 Å². The van der Waals surface area contributed by atoms with E-state index in [0.717, 1.165) is 53.5 Å². The van der Waals surface area contributed by atoms with E-state index in [9.17, 15) is 9.59 Å². The summed E-state index contributed by atoms with van der Waals surface area (Å²) in [4.78, 5) is 32.8. The summed E-state index contributed by atoms with van der Waals surface area (Å²) >= 11 is 0. The Kier molecular flexibility index (Phi) is 8.05. The molecule has 2 aliphatic heterocycles. The Morgan fingerprint density at radius 1 is 0.902 bits per heavy atom. The number of rotatable bonds is 8. The third-order valence-corrected chi connectivity index (χ3v) is 7.91. The fourth-order valence-electron chi connectivity index (χ4n) is 5.85. The van der Waals surface area contributed by atoms with Crippen LogP contribution in [0.5, 0.6) is 0 Å². The lowest BCUT2D eigenvalue weighted by molar-refractivity contribution is -0.119. The Morgan fingerprint density at radius 3 is 2.46 bits per heavy atom. The minimum absolute atomic E-state index is 0.102. The van der Waals surface area contributed by atoms with Crippen molar-refractivity contribution in [2.75, 3.05) is 18.4 Å². The number of likely N-dealkylation sites (tertiary alicyclic amines) is 1. The number of carbonyl (C=O) groups excluding carboxylic acids is 2. The van der Waals surface area contributed by atoms with Gasteiger partial charge in [-0.15, -0.1) is 0 Å². The van der Waals surface area contributed by atoms with Crippen molar-refractivity contribution in [3.8, 4) is 0 Å². The highest BCUT2D eigenvalue weighted by Gasteiger charge is 2.38. The minimum Gasteiger partial charge on any atom is -0.355 e. The minimum atomic E-state index is -0.192. The molecular weight excluding hydrogens is 510 g/mol. The van der Waals surface area contributed by atoms with E-state index < -0.39 is 0 Å². The van der Waals surface area contributed by atoms with Crippen LogP contribution in [0.25, 0.3) is 5.70 Å². The molecule has 7 heteroatoms. The summed E-state index contributed by atoms with van der Waals surface area (Å²) in [6.07, 6.45) is 11.8. The summed E-state index contributed by atoms with van der Waals surface area (Å²) < 4.78 is 0. The van der Waals surface area contributed by atoms with E-state index >= 15 is 0 Å². The molecule has 6 rings (SSSR count). The van der Waals surface area contributed by atoms with E-state index in [4.69, 9.17) is 0 Å². The first-order chi connectivity index (χ1) is 20.1. The number of hydrogen-bond donors (Lipinski definition) is 3. The van der Waals surface area contributed by atoms with Gasteiger partial charge in [0.15, 0.2) is 0 Å². The molecule has 0 spiro atoms. The molecule has 41 heavy (non-hydrogen) atoms. The van der Waals surface area contributed by atoms with Crippen LogP contribution in [0.1, 0.15) is 42.4 Å². The topological polar surface area (TPSA) is 86.4 Å². The van der Waals surface area contributed by atoms with Gasteiger partial charge in [-0.05, 0) is 73.0 Å². The van der Waals surface area contributed by atoms with Crippen LogP contribution in [-0.2, 0) is 22.6 Å². The van der Waals surface area contributed by atoms with Gasteiger partial charge in [-0.1, -0.05) is 55.0 Å². The van der Waals surface area contributed by atoms with Crippen molar-refractivity contribution in [2.45, 2.75) is 38.6 Å². The van der Waals surface area contributed by atoms with Gasteiger partial charge in [-0.3, -0.25) is 19.5 Å². The summed E-state index contributed by atoms with van der Waals surface area (Å²) in [6, 6.07) is 22.2. The molecule has 7 nitrogen and oxygen atoms in total. The van der Waals surface area contributed by atoms with Gasteiger partial charge in [0.1, 0.15) is 0 Å². The number of benzene rings is 2. The standard InChI is InChI=1S/C34H35N5O2/c40-31(20-25-8-7-17-35-22-25)36-28-15-16-30-29(21-28)32(34(41)38-30)33(26-9-3-1-4-10-26)37-27-13-11-24(12-14-27)23-39-18-5-2-6-19-39/h1,3-4,7-17,22,29,37H,2,5-6,18-21,23H2,(H,36,40)(H,38,41). The van der Waals surface area contributed by atoms with Crippen LogP contribution in [0, 0.1) is 5.92 Å². The number of aromatic nitrogens is 1. The highest BCUT2D eigenvalue weighted by molar-refractivity contribution is 6.07. The van der Waals surface area contributed by atoms with Gasteiger partial charge in [0.2, 0.25) is 5.91 Å². The highest BCUT2D eigenvalue weighted by Crippen LogP contribution is 2.39. The predicted octanol–water partition coefficient (Wildman–Crippen LogP) is 5.17. The third kappa shape index (κ3) is 6.47. The molecule has 1 aliphatic carbocycles. The molecule has 2 fully saturated rings. The Hall–Kier alpha value is -4.49. The highest BCUT2D eigenvalue weighted by atomic mass is 16.2. The van der Waals surface area contributed by atoms with Crippen LogP contribution in [-0.4, -0.2) is 34.8 Å². The number of carbonyl (C=O) groups is 2. The van der Waals surface area contributed by atoms with Crippen molar-refractivity contribution in [1.82, 2.24) is 20.5 Å². The lowest BCUT2D eigenvalue weighted by atomic mass is 9.88. The number of allylic oxidation sites excluding steroid dienone is 4. The molecule has 1 aromatic heterocycles. The smallest absolute Gasteiger partial charge is 0.254 e. The van der Waals surface area contributed by atoms with Crippen LogP contribution in [0.3, 0.4) is 0 Å². The second kappa shape index (κ2) is 12.4. The van der Waals surface area contributed by atoms with Crippen molar-refractivity contribution in [3.63, 3.8) is 0 Å². The first kappa shape index (κ1) is 26.7. The molecule has 3 aliphatic rings. The zero-order valence-electron chi connectivity index (χ0n) is 23.1. The van der Waals surface area contributed by atoms with Crippen molar-refractivity contribution in [3.05, 3.63) is 125 Å². The third-order valence-electron chi connectivity index (χ3n) is 7.91. The molecule has 0 saturated carbocycles. The molecule has 3 heterocycles. The van der Waals surface area contributed by atoms with E-state index in [1.54, 1.807) is 12.4 Å². The molecule has 1 unspecified atom stereocenters. The quantitative estimate of drug-likeness (QED) is 0.340. The Bertz CT molecular complexity index is 1490. The molecule has 0 radical (unpaired) electrons. The number of anilines is 1. The van der Waals surface area contributed by atoms with Gasteiger partial charge >= 0.3 is 0 Å². The number of hydrogen-bond acceptors (Lipinski definition) is 5. The summed E-state index contributed by atoms with van der Waals surface area (Å²) in [5, 5.41) is 9.69. The molecular formula is C34H35N5O2. The summed E-state index contributed by atoms with van der Waals surface area (Å²) in [5.74, 6) is -0.414. The van der Waals surface area contributed by atoms with E-state index in [2.05, 4.69) is 50.1 Å². The summed E-state index contributed by atoms with van der Waals surface area (Å²) in [6.45, 7) is 3.29. The Morgan fingerprint density at radius 2 is 1.71 bits per heavy atom. The largest absolute Gasteiger partial charge is 0.355 e. The molecule has 3 N–H and O–H groups in total. The molecule has 3 aromatic rings. The van der Waals surface area contributed by atoms with Gasteiger partial charge in [-0.2, -0.15) is 0 Å². The van der Waals surface area contributed by atoms with E-state index in [1.165, 1.54) is 24.8 Å². The van der Waals surface area contributed by atoms with Gasteiger partial charge in [0.05, 0.1) is 17.7 Å². The van der Waals surface area contributed by atoms with Crippen molar-refractivity contribution in [1.29, 1.82) is 0 Å². The number of piperidine rings is 1. The number of amides is 2. The maximum atomic E-state index is 13.4. The summed E-state index contributed by atoms with van der Waals surface area (Å²) in [7, 11) is 0. The van der Waals surface area contributed by atoms with Gasteiger partial charge in [0.25, 0.3) is 5.91 Å². The van der Waals surface area contributed by atoms with Gasteiger partial charge < -0.3 is 16.0 Å². The van der Waals surface area contributed by atoms with Crippen molar-refractivity contribution in [2.24, 2.45) is 5.92 Å². The van der Waals surface area contributed by atoms with Crippen LogP contribution >= 0.6 is 0 Å². The zero-order chi connectivity index (χ0) is 28.0. The van der Waals surface area contributed by atoms with Crippen LogP contribution in [0.2, 0.25) is 0 Å². The van der Waals surface area contributed by atoms with Gasteiger partial charge in [-0.25, -0.2) is 0 Å². The first-order valence-electron chi connectivity index (χ1n) is 14.4. The summed E-state index contributed by atoms with van der Waals surface area (Å²) in [5.41, 5.74) is 7.11. The first-order valence-corrected chi connectivity index (χ1v) is 14.4. The van der Waals surface area contributed by atoms with Gasteiger partial charge in [0, 0.05) is 48.4 Å². The maximum absolute atomic E-state index is 13.4. The molecule has 0 bridgehead atoms. The number of pyridine rings is 1. The van der Waals surface area contributed by atoms with E-state index in [0.29, 0.717) is 12.0 Å². The predicted molar refractivity (Wildman–Crippen MR) is 161 cm³/mol. The van der Waals surface area contributed by atoms with Crippen LogP contribution in [0.15, 0.2) is 108 Å². The molecule has 208 valence electrons. The normalized spacial score (nSPS) is 19.9. The zero-order valence-corrected chi connectivity index (χ0v) is 23.1. The SMILES string of the molecule is O=C(Cc1cccnc1)NC1=CC=C2NC(=O)C(=C(Nc3ccc(CN4CCCCC4)cc3)c3ccccc3)C2C1. The second-order valence-corrected chi connectivity index (χ2v) is 10.9. The fourth-order valence-corrected chi connectivity index (χ4v) is 5.85. The average Bonchev–Trinajstić information content (AvgIpc) is 3.33. The Labute approximate surface area is 241 Å². The molecule has 2 amide bonds. The monoisotopic (exact) mass is 545 g/mol. The average molecular weight is 546 g/mol. The van der Waals surface area contributed by atoms with Crippen LogP contribution < -0.4 is 16.0 Å². The second-order valence-electron chi connectivity index (χ2n) is 10.9. The maximum Gasteiger partial charge on any atom is 0.254 e. The molecule has 1 atom stereocenters. The number of nitrogens with zero attached hydrogens (tertiary/aromatic N) is 2. The number of fused-ring (bicyclic) bond motifs is 1. The molecule has 2 saturated heterocycles. The van der Waals surface area contributed by atoms with Crippen LogP contribution in [0.4, 0.5) is 5.69 Å². The number of nitrogens with one attached hydrogen (secondary N) is 3. The van der Waals surface area contributed by atoms with E-state index in [-0.39, 0.29) is 24.2 Å². The fraction of sp³-hybridized carbons (Fsp3) is 0.265.